The fourth-order valence-electron chi connectivity index (χ4n) is 2.11. The zero-order valence-corrected chi connectivity index (χ0v) is 8.10. The first-order chi connectivity index (χ1) is 6.62. The molecule has 1 heterocycles. The van der Waals surface area contributed by atoms with Crippen molar-refractivity contribution in [2.75, 3.05) is 6.61 Å². The first-order valence-corrected chi connectivity index (χ1v) is 4.81. The summed E-state index contributed by atoms with van der Waals surface area (Å²) < 4.78 is 10.7. The van der Waals surface area contributed by atoms with Crippen molar-refractivity contribution in [3.8, 4) is 0 Å². The molecule has 3 atom stereocenters. The summed E-state index contributed by atoms with van der Waals surface area (Å²) in [6, 6.07) is 0. The van der Waals surface area contributed by atoms with Crippen molar-refractivity contribution in [3.63, 3.8) is 0 Å². The van der Waals surface area contributed by atoms with Gasteiger partial charge < -0.3 is 14.6 Å². The summed E-state index contributed by atoms with van der Waals surface area (Å²) in [5, 5.41) is 9.40. The van der Waals surface area contributed by atoms with E-state index in [0.29, 0.717) is 19.4 Å². The molecule has 1 unspecified atom stereocenters. The Morgan fingerprint density at radius 1 is 1.71 bits per heavy atom. The van der Waals surface area contributed by atoms with E-state index in [-0.39, 0.29) is 12.1 Å². The predicted octanol–water partition coefficient (Wildman–Crippen LogP) is 0.398. The van der Waals surface area contributed by atoms with Crippen LogP contribution in [0.4, 0.5) is 0 Å². The summed E-state index contributed by atoms with van der Waals surface area (Å²) in [5.41, 5.74) is -0.620. The van der Waals surface area contributed by atoms with Crippen molar-refractivity contribution in [1.29, 1.82) is 0 Å². The van der Waals surface area contributed by atoms with Crippen molar-refractivity contribution >= 4 is 5.97 Å². The number of carbonyl (C=O) groups excluding carboxylic acids is 1. The lowest BCUT2D eigenvalue weighted by molar-refractivity contribution is -0.159. The fourth-order valence-corrected chi connectivity index (χ4v) is 2.11. The van der Waals surface area contributed by atoms with Gasteiger partial charge in [0.15, 0.2) is 5.60 Å². The molecule has 14 heavy (non-hydrogen) atoms. The molecule has 0 saturated carbocycles. The van der Waals surface area contributed by atoms with Gasteiger partial charge in [0, 0.05) is 19.8 Å². The van der Waals surface area contributed by atoms with Gasteiger partial charge in [0.05, 0.1) is 12.7 Å². The standard InChI is InChI=1S/C10H14O4/c1-7(11)14-10-3-2-8(12)6-9(10)13-5-4-10/h2-3,8-9,12H,4-6H2,1H3/t8?,9-,10+/m1/s1. The van der Waals surface area contributed by atoms with Crippen LogP contribution in [0.15, 0.2) is 12.2 Å². The lowest BCUT2D eigenvalue weighted by atomic mass is 9.86. The maximum Gasteiger partial charge on any atom is 0.303 e. The van der Waals surface area contributed by atoms with E-state index in [2.05, 4.69) is 0 Å². The molecule has 0 aromatic carbocycles. The highest BCUT2D eigenvalue weighted by atomic mass is 16.6. The number of aliphatic hydroxyl groups excluding tert-OH is 1. The fraction of sp³-hybridized carbons (Fsp3) is 0.700. The van der Waals surface area contributed by atoms with E-state index in [9.17, 15) is 9.90 Å². The van der Waals surface area contributed by atoms with Gasteiger partial charge in [-0.15, -0.1) is 0 Å². The van der Waals surface area contributed by atoms with Crippen molar-refractivity contribution in [1.82, 2.24) is 0 Å². The first-order valence-electron chi connectivity index (χ1n) is 4.81. The highest BCUT2D eigenvalue weighted by molar-refractivity contribution is 5.67. The maximum absolute atomic E-state index is 11.0. The van der Waals surface area contributed by atoms with Gasteiger partial charge >= 0.3 is 5.97 Å². The zero-order valence-electron chi connectivity index (χ0n) is 8.10. The molecule has 78 valence electrons. The average Bonchev–Trinajstić information content (AvgIpc) is 2.46. The summed E-state index contributed by atoms with van der Waals surface area (Å²) in [5.74, 6) is -0.304. The molecule has 0 bridgehead atoms. The third-order valence-corrected chi connectivity index (χ3v) is 2.75. The smallest absolute Gasteiger partial charge is 0.303 e. The van der Waals surface area contributed by atoms with E-state index in [4.69, 9.17) is 9.47 Å². The Kier molecular flexibility index (Phi) is 2.33. The minimum absolute atomic E-state index is 0.189. The van der Waals surface area contributed by atoms with E-state index in [1.807, 2.05) is 0 Å². The molecule has 4 heteroatoms. The second-order valence-corrected chi connectivity index (χ2v) is 3.82. The molecule has 1 aliphatic heterocycles. The Morgan fingerprint density at radius 2 is 2.50 bits per heavy atom. The summed E-state index contributed by atoms with van der Waals surface area (Å²) in [6.07, 6.45) is 3.95. The van der Waals surface area contributed by atoms with Gasteiger partial charge in [-0.2, -0.15) is 0 Å². The topological polar surface area (TPSA) is 55.8 Å². The molecule has 0 aromatic rings. The zero-order chi connectivity index (χ0) is 10.2. The molecule has 4 nitrogen and oxygen atoms in total. The third-order valence-electron chi connectivity index (χ3n) is 2.75. The molecule has 1 N–H and O–H groups in total. The molecule has 1 fully saturated rings. The predicted molar refractivity (Wildman–Crippen MR) is 48.6 cm³/mol. The van der Waals surface area contributed by atoms with Crippen LogP contribution in [-0.4, -0.2) is 35.5 Å². The molecule has 0 radical (unpaired) electrons. The summed E-state index contributed by atoms with van der Waals surface area (Å²) in [4.78, 5) is 11.0. The molecular weight excluding hydrogens is 184 g/mol. The normalized spacial score (nSPS) is 40.7. The van der Waals surface area contributed by atoms with E-state index in [0.717, 1.165) is 0 Å². The maximum atomic E-state index is 11.0. The number of esters is 1. The van der Waals surface area contributed by atoms with E-state index < -0.39 is 11.7 Å². The quantitative estimate of drug-likeness (QED) is 0.489. The number of hydrogen-bond acceptors (Lipinski definition) is 4. The Hall–Kier alpha value is -0.870. The summed E-state index contributed by atoms with van der Waals surface area (Å²) >= 11 is 0. The number of ether oxygens (including phenoxy) is 2. The van der Waals surface area contributed by atoms with Gasteiger partial charge in [0.25, 0.3) is 0 Å². The lowest BCUT2D eigenvalue weighted by Gasteiger charge is -2.34. The second kappa shape index (κ2) is 3.37. The molecule has 0 amide bonds. The van der Waals surface area contributed by atoms with E-state index in [1.54, 1.807) is 12.2 Å². The third kappa shape index (κ3) is 1.55. The number of carbonyl (C=O) groups is 1. The first kappa shape index (κ1) is 9.68. The Labute approximate surface area is 82.5 Å². The summed E-state index contributed by atoms with van der Waals surface area (Å²) in [7, 11) is 0. The van der Waals surface area contributed by atoms with Crippen LogP contribution in [0, 0.1) is 0 Å². The number of hydrogen-bond donors (Lipinski definition) is 1. The van der Waals surface area contributed by atoms with Crippen molar-refractivity contribution in [2.45, 2.75) is 37.6 Å². The van der Waals surface area contributed by atoms with Gasteiger partial charge in [-0.05, 0) is 6.08 Å². The van der Waals surface area contributed by atoms with Crippen LogP contribution < -0.4 is 0 Å². The van der Waals surface area contributed by atoms with Crippen LogP contribution in [0.3, 0.4) is 0 Å². The molecule has 0 spiro atoms. The van der Waals surface area contributed by atoms with Gasteiger partial charge in [0.1, 0.15) is 6.10 Å². The van der Waals surface area contributed by atoms with Gasteiger partial charge in [-0.3, -0.25) is 4.79 Å². The highest BCUT2D eigenvalue weighted by Gasteiger charge is 2.47. The summed E-state index contributed by atoms with van der Waals surface area (Å²) in [6.45, 7) is 1.97. The lowest BCUT2D eigenvalue weighted by Crippen LogP contribution is -2.45. The van der Waals surface area contributed by atoms with Crippen LogP contribution in [0.1, 0.15) is 19.8 Å². The number of fused-ring (bicyclic) bond motifs is 1. The van der Waals surface area contributed by atoms with Gasteiger partial charge in [0.2, 0.25) is 0 Å². The molecule has 1 aliphatic carbocycles. The van der Waals surface area contributed by atoms with E-state index >= 15 is 0 Å². The van der Waals surface area contributed by atoms with Crippen molar-refractivity contribution in [3.05, 3.63) is 12.2 Å². The van der Waals surface area contributed by atoms with Gasteiger partial charge in [-0.1, -0.05) is 6.08 Å². The number of rotatable bonds is 1. The monoisotopic (exact) mass is 198 g/mol. The largest absolute Gasteiger partial charge is 0.452 e. The minimum Gasteiger partial charge on any atom is -0.452 e. The van der Waals surface area contributed by atoms with Crippen LogP contribution in [0.5, 0.6) is 0 Å². The SMILES string of the molecule is CC(=O)O[C@]12C=CC(O)C[C@H]1OCC2. The van der Waals surface area contributed by atoms with Crippen molar-refractivity contribution in [2.24, 2.45) is 0 Å². The molecule has 1 saturated heterocycles. The average molecular weight is 198 g/mol. The molecule has 0 aromatic heterocycles. The van der Waals surface area contributed by atoms with Gasteiger partial charge in [-0.25, -0.2) is 0 Å². The second-order valence-electron chi connectivity index (χ2n) is 3.82. The molecular formula is C10H14O4. The molecule has 2 aliphatic rings. The van der Waals surface area contributed by atoms with Crippen LogP contribution in [0.2, 0.25) is 0 Å². The highest BCUT2D eigenvalue weighted by Crippen LogP contribution is 2.37. The molecule has 2 rings (SSSR count). The Balaban J connectivity index is 2.21. The number of aliphatic hydroxyl groups is 1. The van der Waals surface area contributed by atoms with E-state index in [1.165, 1.54) is 6.92 Å². The van der Waals surface area contributed by atoms with Crippen molar-refractivity contribution < 1.29 is 19.4 Å². The minimum atomic E-state index is -0.620. The Morgan fingerprint density at radius 3 is 3.21 bits per heavy atom. The van der Waals surface area contributed by atoms with Crippen LogP contribution >= 0.6 is 0 Å². The van der Waals surface area contributed by atoms with Crippen LogP contribution in [0.25, 0.3) is 0 Å². The Bertz CT molecular complexity index is 273. The van der Waals surface area contributed by atoms with Crippen LogP contribution in [-0.2, 0) is 14.3 Å².